The molecule has 98 valence electrons. The number of hydrogen-bond donors (Lipinski definition) is 3. The van der Waals surface area contributed by atoms with Crippen LogP contribution in [0.3, 0.4) is 0 Å². The highest BCUT2D eigenvalue weighted by atomic mass is 79.9. The van der Waals surface area contributed by atoms with Crippen LogP contribution in [0.5, 0.6) is 0 Å². The molecule has 0 aliphatic carbocycles. The van der Waals surface area contributed by atoms with Crippen LogP contribution in [0.25, 0.3) is 0 Å². The molecular formula is C11H12BrClN2O3. The second kappa shape index (κ2) is 6.72. The zero-order valence-electron chi connectivity index (χ0n) is 9.54. The smallest absolute Gasteiger partial charge is 0.313 e. The molecule has 3 N–H and O–H groups in total. The summed E-state index contributed by atoms with van der Waals surface area (Å²) in [5.41, 5.74) is 0.448. The summed E-state index contributed by atoms with van der Waals surface area (Å²) in [6.45, 7) is 1.53. The van der Waals surface area contributed by atoms with E-state index in [1.807, 2.05) is 0 Å². The Morgan fingerprint density at radius 2 is 2.11 bits per heavy atom. The molecule has 2 amide bonds. The Morgan fingerprint density at radius 1 is 1.44 bits per heavy atom. The number of aliphatic hydroxyl groups excluding tert-OH is 1. The number of aliphatic hydroxyl groups is 1. The van der Waals surface area contributed by atoms with E-state index in [9.17, 15) is 9.59 Å². The monoisotopic (exact) mass is 334 g/mol. The first kappa shape index (κ1) is 14.9. The number of carbonyl (C=O) groups is 2. The van der Waals surface area contributed by atoms with Crippen molar-refractivity contribution < 1.29 is 14.7 Å². The van der Waals surface area contributed by atoms with Crippen LogP contribution in [0.15, 0.2) is 22.7 Å². The lowest BCUT2D eigenvalue weighted by molar-refractivity contribution is -0.136. The van der Waals surface area contributed by atoms with Crippen LogP contribution < -0.4 is 10.6 Å². The lowest BCUT2D eigenvalue weighted by Crippen LogP contribution is -2.38. The molecule has 0 bridgehead atoms. The summed E-state index contributed by atoms with van der Waals surface area (Å²) in [4.78, 5) is 22.8. The highest BCUT2D eigenvalue weighted by molar-refractivity contribution is 9.10. The predicted molar refractivity (Wildman–Crippen MR) is 72.5 cm³/mol. The molecule has 0 heterocycles. The fraction of sp³-hybridized carbons (Fsp3) is 0.273. The maximum atomic E-state index is 11.5. The lowest BCUT2D eigenvalue weighted by Gasteiger charge is -2.08. The van der Waals surface area contributed by atoms with Crippen LogP contribution in [0.2, 0.25) is 5.02 Å². The standard InChI is InChI=1S/C11H12BrClN2O3/c1-6(16)5-14-10(17)11(18)15-7-2-3-9(13)8(12)4-7/h2-4,6,16H,5H2,1H3,(H,14,17)(H,15,18). The maximum absolute atomic E-state index is 11.5. The van der Waals surface area contributed by atoms with E-state index < -0.39 is 17.9 Å². The Kier molecular flexibility index (Phi) is 5.58. The molecule has 18 heavy (non-hydrogen) atoms. The Balaban J connectivity index is 2.58. The molecule has 1 aromatic carbocycles. The van der Waals surface area contributed by atoms with Crippen molar-refractivity contribution >= 4 is 45.0 Å². The molecule has 0 spiro atoms. The molecule has 0 aromatic heterocycles. The van der Waals surface area contributed by atoms with E-state index in [4.69, 9.17) is 16.7 Å². The second-order valence-electron chi connectivity index (χ2n) is 3.64. The summed E-state index contributed by atoms with van der Waals surface area (Å²) in [6, 6.07) is 4.75. The van der Waals surface area contributed by atoms with Crippen LogP contribution in [0.4, 0.5) is 5.69 Å². The number of nitrogens with one attached hydrogen (secondary N) is 2. The van der Waals surface area contributed by atoms with E-state index in [1.165, 1.54) is 6.92 Å². The van der Waals surface area contributed by atoms with Gasteiger partial charge in [-0.05, 0) is 41.1 Å². The van der Waals surface area contributed by atoms with Gasteiger partial charge in [-0.3, -0.25) is 9.59 Å². The maximum Gasteiger partial charge on any atom is 0.313 e. The van der Waals surface area contributed by atoms with Crippen LogP contribution >= 0.6 is 27.5 Å². The van der Waals surface area contributed by atoms with E-state index in [-0.39, 0.29) is 6.54 Å². The molecule has 0 saturated carbocycles. The van der Waals surface area contributed by atoms with E-state index in [2.05, 4.69) is 26.6 Å². The Morgan fingerprint density at radius 3 is 2.67 bits per heavy atom. The van der Waals surface area contributed by atoms with Crippen LogP contribution in [-0.2, 0) is 9.59 Å². The van der Waals surface area contributed by atoms with Gasteiger partial charge in [-0.15, -0.1) is 0 Å². The summed E-state index contributed by atoms with van der Waals surface area (Å²) in [7, 11) is 0. The number of carbonyl (C=O) groups excluding carboxylic acids is 2. The second-order valence-corrected chi connectivity index (χ2v) is 4.90. The minimum Gasteiger partial charge on any atom is -0.392 e. The Bertz CT molecular complexity index is 466. The summed E-state index contributed by atoms with van der Waals surface area (Å²) in [5, 5.41) is 14.2. The normalized spacial score (nSPS) is 11.8. The Labute approximate surface area is 118 Å². The van der Waals surface area contributed by atoms with Gasteiger partial charge in [0.05, 0.1) is 11.1 Å². The summed E-state index contributed by atoms with van der Waals surface area (Å²) < 4.78 is 0.617. The first-order valence-electron chi connectivity index (χ1n) is 5.12. The van der Waals surface area contributed by atoms with Gasteiger partial charge >= 0.3 is 11.8 Å². The van der Waals surface area contributed by atoms with Gasteiger partial charge in [0.2, 0.25) is 0 Å². The number of amides is 2. The number of anilines is 1. The van der Waals surface area contributed by atoms with Crippen molar-refractivity contribution in [3.63, 3.8) is 0 Å². The van der Waals surface area contributed by atoms with Gasteiger partial charge < -0.3 is 15.7 Å². The molecule has 0 aliphatic rings. The van der Waals surface area contributed by atoms with Crippen LogP contribution in [-0.4, -0.2) is 29.6 Å². The summed E-state index contributed by atoms with van der Waals surface area (Å²) >= 11 is 9.00. The third-order valence-corrected chi connectivity index (χ3v) is 3.16. The van der Waals surface area contributed by atoms with Gasteiger partial charge in [-0.25, -0.2) is 0 Å². The lowest BCUT2D eigenvalue weighted by atomic mass is 10.3. The van der Waals surface area contributed by atoms with E-state index in [0.29, 0.717) is 15.2 Å². The summed E-state index contributed by atoms with van der Waals surface area (Å²) in [5.74, 6) is -1.60. The van der Waals surface area contributed by atoms with Gasteiger partial charge in [-0.1, -0.05) is 11.6 Å². The fourth-order valence-corrected chi connectivity index (χ4v) is 1.58. The zero-order chi connectivity index (χ0) is 13.7. The molecule has 1 unspecified atom stereocenters. The molecule has 1 aromatic rings. The van der Waals surface area contributed by atoms with E-state index in [0.717, 1.165) is 0 Å². The minimum absolute atomic E-state index is 0.0244. The van der Waals surface area contributed by atoms with Crippen molar-refractivity contribution in [2.45, 2.75) is 13.0 Å². The van der Waals surface area contributed by atoms with Crippen molar-refractivity contribution in [3.8, 4) is 0 Å². The van der Waals surface area contributed by atoms with Crippen LogP contribution in [0, 0.1) is 0 Å². The quantitative estimate of drug-likeness (QED) is 0.733. The molecule has 7 heteroatoms. The summed E-state index contributed by atoms with van der Waals surface area (Å²) in [6.07, 6.45) is -0.702. The number of halogens is 2. The largest absolute Gasteiger partial charge is 0.392 e. The number of hydrogen-bond acceptors (Lipinski definition) is 3. The van der Waals surface area contributed by atoms with E-state index in [1.54, 1.807) is 18.2 Å². The molecular weight excluding hydrogens is 323 g/mol. The molecule has 5 nitrogen and oxygen atoms in total. The van der Waals surface area contributed by atoms with Crippen molar-refractivity contribution in [2.75, 3.05) is 11.9 Å². The zero-order valence-corrected chi connectivity index (χ0v) is 11.9. The van der Waals surface area contributed by atoms with Crippen LogP contribution in [0.1, 0.15) is 6.92 Å². The first-order chi connectivity index (χ1) is 8.40. The highest BCUT2D eigenvalue weighted by Gasteiger charge is 2.14. The number of rotatable bonds is 3. The van der Waals surface area contributed by atoms with Gasteiger partial charge in [-0.2, -0.15) is 0 Å². The molecule has 0 aliphatic heterocycles. The average molecular weight is 336 g/mol. The van der Waals surface area contributed by atoms with Gasteiger partial charge in [0.1, 0.15) is 0 Å². The minimum atomic E-state index is -0.804. The molecule has 1 rings (SSSR count). The molecule has 0 saturated heterocycles. The molecule has 1 atom stereocenters. The van der Waals surface area contributed by atoms with Crippen molar-refractivity contribution in [1.29, 1.82) is 0 Å². The fourth-order valence-electron chi connectivity index (χ4n) is 1.08. The SMILES string of the molecule is CC(O)CNC(=O)C(=O)Nc1ccc(Cl)c(Br)c1. The number of benzene rings is 1. The van der Waals surface area contributed by atoms with Crippen molar-refractivity contribution in [3.05, 3.63) is 27.7 Å². The van der Waals surface area contributed by atoms with Crippen molar-refractivity contribution in [2.24, 2.45) is 0 Å². The van der Waals surface area contributed by atoms with E-state index >= 15 is 0 Å². The van der Waals surface area contributed by atoms with Crippen molar-refractivity contribution in [1.82, 2.24) is 5.32 Å². The Hall–Kier alpha value is -1.11. The molecule has 0 radical (unpaired) electrons. The third kappa shape index (κ3) is 4.64. The van der Waals surface area contributed by atoms with Gasteiger partial charge in [0, 0.05) is 16.7 Å². The topological polar surface area (TPSA) is 78.4 Å². The average Bonchev–Trinajstić information content (AvgIpc) is 2.30. The highest BCUT2D eigenvalue weighted by Crippen LogP contribution is 2.25. The van der Waals surface area contributed by atoms with Gasteiger partial charge in [0.25, 0.3) is 0 Å². The third-order valence-electron chi connectivity index (χ3n) is 1.94. The van der Waals surface area contributed by atoms with Gasteiger partial charge in [0.15, 0.2) is 0 Å². The predicted octanol–water partition coefficient (Wildman–Crippen LogP) is 1.54. The first-order valence-corrected chi connectivity index (χ1v) is 6.29. The molecule has 0 fully saturated rings.